The molecule has 24 nitrogen and oxygen atoms in total. The predicted molar refractivity (Wildman–Crippen MR) is 221 cm³/mol. The van der Waals surface area contributed by atoms with E-state index in [0.29, 0.717) is 23.7 Å². The van der Waals surface area contributed by atoms with Crippen molar-refractivity contribution in [3.63, 3.8) is 0 Å². The number of aromatic nitrogens is 11. The van der Waals surface area contributed by atoms with Crippen LogP contribution in [0.25, 0.3) is 34.0 Å². The summed E-state index contributed by atoms with van der Waals surface area (Å²) in [5, 5.41) is 40.4. The number of imidazole rings is 2. The molecule has 31 heteroatoms. The maximum Gasteiger partial charge on any atom is 1.00 e. The van der Waals surface area contributed by atoms with Crippen molar-refractivity contribution < 1.29 is 134 Å². The number of hydrogen-bond donors (Lipinski definition) is 2. The van der Waals surface area contributed by atoms with Crippen LogP contribution < -0.4 is 120 Å². The number of benzene rings is 2. The molecule has 0 aliphatic carbocycles. The van der Waals surface area contributed by atoms with E-state index in [1.54, 1.807) is 26.8 Å². The zero-order chi connectivity index (χ0) is 46.1. The molecule has 7 aromatic rings. The quantitative estimate of drug-likeness (QED) is 0.0400. The van der Waals surface area contributed by atoms with Crippen molar-refractivity contribution in [3.05, 3.63) is 60.8 Å². The van der Waals surface area contributed by atoms with Crippen LogP contribution in [0, 0.1) is 13.0 Å². The van der Waals surface area contributed by atoms with Crippen molar-refractivity contribution in [2.45, 2.75) is 70.4 Å². The number of rotatable bonds is 11. The Kier molecular flexibility index (Phi) is 19.6. The Morgan fingerprint density at radius 2 is 1.19 bits per heavy atom. The van der Waals surface area contributed by atoms with Crippen LogP contribution in [0.2, 0.25) is 0 Å². The molecule has 332 valence electrons. The fourth-order valence-electron chi connectivity index (χ4n) is 6.82. The Bertz CT molecular complexity index is 3280. The molecule has 0 saturated carbocycles. The molecule has 5 heterocycles. The average molecular weight is 936 g/mol. The largest absolute Gasteiger partial charge is 1.00 e. The number of azo groups is 2. The zero-order valence-electron chi connectivity index (χ0n) is 40.3. The van der Waals surface area contributed by atoms with E-state index >= 15 is 0 Å². The molecule has 0 bridgehead atoms. The van der Waals surface area contributed by atoms with E-state index in [4.69, 9.17) is 11.5 Å². The minimum absolute atomic E-state index is 0. The molecule has 0 fully saturated rings. The number of nitrogen functional groups attached to an aromatic ring is 2. The Morgan fingerprint density at radius 1 is 0.721 bits per heavy atom. The summed E-state index contributed by atoms with van der Waals surface area (Å²) < 4.78 is 79.3. The van der Waals surface area contributed by atoms with Crippen LogP contribution in [0.4, 0.5) is 34.9 Å². The molecular formula is C37H42Li5N17O7S2+2. The van der Waals surface area contributed by atoms with Gasteiger partial charge in [-0.15, -0.1) is 12.1 Å². The van der Waals surface area contributed by atoms with Gasteiger partial charge in [-0.2, -0.15) is 36.7 Å². The van der Waals surface area contributed by atoms with Gasteiger partial charge in [0.25, 0.3) is 11.9 Å². The van der Waals surface area contributed by atoms with Gasteiger partial charge in [-0.1, -0.05) is 58.3 Å². The van der Waals surface area contributed by atoms with Gasteiger partial charge in [-0.25, -0.2) is 35.9 Å². The van der Waals surface area contributed by atoms with Crippen molar-refractivity contribution >= 4 is 77.2 Å². The first kappa shape index (κ1) is 60.3. The normalized spacial score (nSPS) is 12.2. The minimum atomic E-state index is -4.92. The molecule has 68 heavy (non-hydrogen) atoms. The van der Waals surface area contributed by atoms with E-state index in [2.05, 4.69) is 58.6 Å². The first-order valence-corrected chi connectivity index (χ1v) is 21.9. The zero-order valence-corrected chi connectivity index (χ0v) is 42.0. The van der Waals surface area contributed by atoms with Crippen LogP contribution in [0.1, 0.15) is 52.9 Å². The molecule has 0 spiro atoms. The third-order valence-corrected chi connectivity index (χ3v) is 11.4. The number of hydrogen-bond acceptors (Lipinski definition) is 18. The number of aryl methyl sites for hydroxylation is 3. The van der Waals surface area contributed by atoms with Gasteiger partial charge in [0.05, 0.1) is 58.8 Å². The monoisotopic (exact) mass is 935 g/mol. The summed E-state index contributed by atoms with van der Waals surface area (Å²) in [6.07, 6.45) is 0. The topological polar surface area (TPSA) is 331 Å². The smallest absolute Gasteiger partial charge is 0.844 e. The van der Waals surface area contributed by atoms with E-state index in [1.165, 1.54) is 22.2 Å². The third kappa shape index (κ3) is 11.9. The molecule has 0 atom stereocenters. The maximum atomic E-state index is 13.2. The number of nitrogens with zero attached hydrogens (tertiary/aromatic N) is 15. The van der Waals surface area contributed by atoms with Crippen LogP contribution >= 0.6 is 0 Å². The van der Waals surface area contributed by atoms with Crippen molar-refractivity contribution in [2.24, 2.45) is 34.6 Å². The van der Waals surface area contributed by atoms with E-state index < -0.39 is 54.3 Å². The fraction of sp³-hybridized carbons (Fsp3) is 0.351. The molecule has 7 rings (SSSR count). The molecule has 0 aliphatic heterocycles. The van der Waals surface area contributed by atoms with Gasteiger partial charge in [0.15, 0.2) is 23.0 Å². The summed E-state index contributed by atoms with van der Waals surface area (Å²) in [5.74, 6) is -1.33. The Hall–Kier alpha value is -3.78. The standard InChI is InChI=1S/C37H43N17O7S2.5Li/c1-10-51-23-14-12-11-13-21(23)49(8)34(51)45-43-25-27(36(2,3)4)47-53(29(25)38)31-40-32(42-33(55)41-31)54-30(39)26(28(48-54)37(5,6)7)44-46-35-50(9)22-16-15-20(63(59,60)61)19-24(22)52(35)17-18-62(56,57)58;;;;;/h11,13-16,19,38-39H,1,10,17-18H2,2-9H3,(H3,40,41,42,55,56,57,58,59,60,61);;;;;/q-2;5*+1/p-1. The summed E-state index contributed by atoms with van der Waals surface area (Å²) >= 11 is 0. The molecule has 0 saturated heterocycles. The molecule has 0 amide bonds. The van der Waals surface area contributed by atoms with Crippen LogP contribution in [0.15, 0.2) is 61.8 Å². The second kappa shape index (κ2) is 22.1. The third-order valence-electron chi connectivity index (χ3n) is 9.89. The number of anilines is 2. The van der Waals surface area contributed by atoms with Crippen LogP contribution in [-0.4, -0.2) is 75.3 Å². The Balaban J connectivity index is 0.00000317. The predicted octanol–water partition coefficient (Wildman–Crippen LogP) is -12.4. The van der Waals surface area contributed by atoms with E-state index in [0.717, 1.165) is 32.5 Å². The maximum absolute atomic E-state index is 13.2. The molecule has 0 unspecified atom stereocenters. The number of nitrogens with two attached hydrogens (primary N) is 2. The minimum Gasteiger partial charge on any atom is -0.844 e. The van der Waals surface area contributed by atoms with Gasteiger partial charge in [0.2, 0.25) is 0 Å². The van der Waals surface area contributed by atoms with Gasteiger partial charge in [0, 0.05) is 32.1 Å². The molecule has 0 radical (unpaired) electrons. The van der Waals surface area contributed by atoms with Crippen LogP contribution in [-0.2, 0) is 58.3 Å². The van der Waals surface area contributed by atoms with E-state index in [1.807, 2.05) is 49.1 Å². The second-order valence-electron chi connectivity index (χ2n) is 16.4. The van der Waals surface area contributed by atoms with Crippen LogP contribution in [0.3, 0.4) is 0 Å². The molecular weight excluding hydrogens is 893 g/mol. The summed E-state index contributed by atoms with van der Waals surface area (Å²) in [4.78, 5) is 11.9. The first-order chi connectivity index (χ1) is 29.3. The Labute approximate surface area is 452 Å². The van der Waals surface area contributed by atoms with Gasteiger partial charge in [-0.05, 0) is 18.2 Å². The van der Waals surface area contributed by atoms with Crippen molar-refractivity contribution in [1.29, 1.82) is 0 Å². The SMILES string of the molecule is [CH2-]Cn1c(N=Nc2c(C(C)(C)C)nn(-c3nc([O-])nc(-n4nc(C(C)(C)C)c(N=Nc5n(CCS(=O)(=O)[O-])c6cc(S(=O)(=O)[O-])ccc6[n+]5C)c4N)n3)c2N)[n+](C)c2cc[c-]cc21.[Li+].[Li+].[Li+].[Li+].[Li+]. The number of fused-ring (bicyclic) bond motifs is 2. The van der Waals surface area contributed by atoms with Gasteiger partial charge >= 0.3 is 106 Å². The summed E-state index contributed by atoms with van der Waals surface area (Å²) in [7, 11) is -6.31. The average Bonchev–Trinajstić information content (AvgIpc) is 3.88. The van der Waals surface area contributed by atoms with E-state index in [9.17, 15) is 31.0 Å². The van der Waals surface area contributed by atoms with E-state index in [-0.39, 0.29) is 146 Å². The van der Waals surface area contributed by atoms with Gasteiger partial charge in [0.1, 0.15) is 21.2 Å². The molecule has 4 N–H and O–H groups in total. The Morgan fingerprint density at radius 3 is 1.63 bits per heavy atom. The molecule has 0 aliphatic rings. The molecule has 5 aromatic heterocycles. The summed E-state index contributed by atoms with van der Waals surface area (Å²) in [6.45, 7) is 15.0. The molecule has 2 aromatic carbocycles. The second-order valence-corrected chi connectivity index (χ2v) is 19.3. The fourth-order valence-corrected chi connectivity index (χ4v) is 7.72. The summed E-state index contributed by atoms with van der Waals surface area (Å²) in [5.41, 5.74) is 14.9. The van der Waals surface area contributed by atoms with Crippen molar-refractivity contribution in [3.8, 4) is 17.9 Å². The van der Waals surface area contributed by atoms with Gasteiger partial charge in [-0.3, -0.25) is 4.57 Å². The van der Waals surface area contributed by atoms with Gasteiger partial charge < -0.3 is 37.2 Å². The van der Waals surface area contributed by atoms with Crippen molar-refractivity contribution in [1.82, 2.24) is 43.6 Å². The van der Waals surface area contributed by atoms with Crippen molar-refractivity contribution in [2.75, 3.05) is 17.2 Å². The van der Waals surface area contributed by atoms with Crippen LogP contribution in [0.5, 0.6) is 6.01 Å². The first-order valence-electron chi connectivity index (χ1n) is 18.9. The summed E-state index contributed by atoms with van der Waals surface area (Å²) in [6, 6.07) is 11.1.